The molecule has 0 unspecified atom stereocenters. The van der Waals surface area contributed by atoms with Crippen LogP contribution in [0.3, 0.4) is 0 Å². The number of rotatable bonds is 8. The summed E-state index contributed by atoms with van der Waals surface area (Å²) in [5, 5.41) is 3.18. The highest BCUT2D eigenvalue weighted by Gasteiger charge is 2.28. The van der Waals surface area contributed by atoms with Crippen LogP contribution in [0.15, 0.2) is 54.6 Å². The lowest BCUT2D eigenvalue weighted by Gasteiger charge is -2.36. The maximum atomic E-state index is 13.0. The SMILES string of the molecule is CCN1CCN(c2ccccc2NC(=O)C2CCN(C(=O)CCOc3ccccc3)CC2)CC1. The number of anilines is 2. The molecule has 2 aromatic rings. The van der Waals surface area contributed by atoms with Gasteiger partial charge in [0.05, 0.1) is 24.4 Å². The number of piperidine rings is 1. The first-order valence-electron chi connectivity index (χ1n) is 12.5. The summed E-state index contributed by atoms with van der Waals surface area (Å²) in [6, 6.07) is 17.6. The average Bonchev–Trinajstić information content (AvgIpc) is 2.90. The van der Waals surface area contributed by atoms with Gasteiger partial charge in [0.1, 0.15) is 5.75 Å². The third-order valence-electron chi connectivity index (χ3n) is 6.87. The zero-order chi connectivity index (χ0) is 23.8. The molecule has 2 fully saturated rings. The predicted octanol–water partition coefficient (Wildman–Crippen LogP) is 3.47. The Labute approximate surface area is 202 Å². The van der Waals surface area contributed by atoms with Gasteiger partial charge in [-0.05, 0) is 43.7 Å². The maximum Gasteiger partial charge on any atom is 0.227 e. The zero-order valence-electron chi connectivity index (χ0n) is 20.1. The lowest BCUT2D eigenvalue weighted by atomic mass is 9.95. The molecule has 0 bridgehead atoms. The lowest BCUT2D eigenvalue weighted by Crippen LogP contribution is -2.46. The molecule has 2 aliphatic rings. The molecule has 0 atom stereocenters. The quantitative estimate of drug-likeness (QED) is 0.648. The summed E-state index contributed by atoms with van der Waals surface area (Å²) in [5.41, 5.74) is 1.98. The van der Waals surface area contributed by atoms with Crippen LogP contribution in [-0.4, -0.2) is 74.0 Å². The number of hydrogen-bond donors (Lipinski definition) is 1. The van der Waals surface area contributed by atoms with Crippen LogP contribution in [0.4, 0.5) is 11.4 Å². The van der Waals surface area contributed by atoms with E-state index < -0.39 is 0 Å². The molecule has 4 rings (SSSR count). The molecule has 34 heavy (non-hydrogen) atoms. The number of nitrogens with zero attached hydrogens (tertiary/aromatic N) is 3. The van der Waals surface area contributed by atoms with Gasteiger partial charge in [-0.1, -0.05) is 37.3 Å². The minimum atomic E-state index is -0.0744. The van der Waals surface area contributed by atoms with Gasteiger partial charge in [-0.15, -0.1) is 0 Å². The lowest BCUT2D eigenvalue weighted by molar-refractivity contribution is -0.135. The van der Waals surface area contributed by atoms with E-state index in [-0.39, 0.29) is 17.7 Å². The Morgan fingerprint density at radius 2 is 1.59 bits per heavy atom. The van der Waals surface area contributed by atoms with Crippen LogP contribution >= 0.6 is 0 Å². The molecule has 2 amide bonds. The van der Waals surface area contributed by atoms with Gasteiger partial charge < -0.3 is 24.8 Å². The third kappa shape index (κ3) is 6.29. The van der Waals surface area contributed by atoms with Gasteiger partial charge in [0.25, 0.3) is 0 Å². The first-order chi connectivity index (χ1) is 16.6. The van der Waals surface area contributed by atoms with Crippen molar-refractivity contribution in [2.75, 3.05) is 62.6 Å². The fourth-order valence-corrected chi connectivity index (χ4v) is 4.72. The molecule has 0 aromatic heterocycles. The number of piperazine rings is 1. The van der Waals surface area contributed by atoms with Crippen LogP contribution in [0.1, 0.15) is 26.2 Å². The summed E-state index contributed by atoms with van der Waals surface area (Å²) < 4.78 is 5.65. The van der Waals surface area contributed by atoms with E-state index in [2.05, 4.69) is 28.1 Å². The number of likely N-dealkylation sites (N-methyl/N-ethyl adjacent to an activating group) is 1. The molecule has 7 heteroatoms. The molecule has 7 nitrogen and oxygen atoms in total. The van der Waals surface area contributed by atoms with Gasteiger partial charge in [-0.3, -0.25) is 9.59 Å². The normalized spacial score (nSPS) is 17.4. The van der Waals surface area contributed by atoms with Crippen LogP contribution < -0.4 is 15.0 Å². The Bertz CT molecular complexity index is 936. The van der Waals surface area contributed by atoms with Crippen LogP contribution in [0, 0.1) is 5.92 Å². The predicted molar refractivity (Wildman–Crippen MR) is 135 cm³/mol. The highest BCUT2D eigenvalue weighted by Crippen LogP contribution is 2.28. The maximum absolute atomic E-state index is 13.0. The molecule has 0 saturated carbocycles. The molecular formula is C27H36N4O3. The monoisotopic (exact) mass is 464 g/mol. The highest BCUT2D eigenvalue weighted by atomic mass is 16.5. The third-order valence-corrected chi connectivity index (χ3v) is 6.87. The fraction of sp³-hybridized carbons (Fsp3) is 0.481. The van der Waals surface area contributed by atoms with Crippen molar-refractivity contribution >= 4 is 23.2 Å². The van der Waals surface area contributed by atoms with E-state index in [1.54, 1.807) is 0 Å². The molecular weight excluding hydrogens is 428 g/mol. The van der Waals surface area contributed by atoms with Crippen LogP contribution in [0.2, 0.25) is 0 Å². The molecule has 2 heterocycles. The number of ether oxygens (including phenoxy) is 1. The average molecular weight is 465 g/mol. The number of carbonyl (C=O) groups is 2. The Morgan fingerprint density at radius 3 is 2.29 bits per heavy atom. The van der Waals surface area contributed by atoms with Gasteiger partial charge in [0, 0.05) is 45.2 Å². The van der Waals surface area contributed by atoms with Gasteiger partial charge in [-0.25, -0.2) is 0 Å². The summed E-state index contributed by atoms with van der Waals surface area (Å²) >= 11 is 0. The van der Waals surface area contributed by atoms with Crippen molar-refractivity contribution in [3.8, 4) is 5.75 Å². The Kier molecular flexibility index (Phi) is 8.41. The number of para-hydroxylation sites is 3. The number of carbonyl (C=O) groups excluding carboxylic acids is 2. The second kappa shape index (κ2) is 11.9. The molecule has 182 valence electrons. The largest absolute Gasteiger partial charge is 0.493 e. The van der Waals surface area contributed by atoms with Gasteiger partial charge in [-0.2, -0.15) is 0 Å². The van der Waals surface area contributed by atoms with Crippen molar-refractivity contribution < 1.29 is 14.3 Å². The van der Waals surface area contributed by atoms with Gasteiger partial charge in [0.15, 0.2) is 0 Å². The summed E-state index contributed by atoms with van der Waals surface area (Å²) in [4.78, 5) is 32.3. The Hall–Kier alpha value is -3.06. The number of likely N-dealkylation sites (tertiary alicyclic amines) is 1. The second-order valence-corrected chi connectivity index (χ2v) is 8.99. The van der Waals surface area contributed by atoms with Crippen molar-refractivity contribution in [2.24, 2.45) is 5.92 Å². The topological polar surface area (TPSA) is 65.1 Å². The van der Waals surface area contributed by atoms with Crippen molar-refractivity contribution in [3.63, 3.8) is 0 Å². The molecule has 1 N–H and O–H groups in total. The van der Waals surface area contributed by atoms with Crippen LogP contribution in [0.25, 0.3) is 0 Å². The molecule has 0 aliphatic carbocycles. The standard InChI is InChI=1S/C27H36N4O3/c1-2-29-17-19-30(20-18-29)25-11-7-6-10-24(25)28-27(33)22-12-15-31(16-13-22)26(32)14-21-34-23-8-4-3-5-9-23/h3-11,22H,2,12-21H2,1H3,(H,28,33). The first kappa shape index (κ1) is 24.1. The molecule has 2 aromatic carbocycles. The van der Waals surface area contributed by atoms with Crippen LogP contribution in [0.5, 0.6) is 5.75 Å². The number of amides is 2. The van der Waals surface area contributed by atoms with E-state index in [4.69, 9.17) is 4.74 Å². The van der Waals surface area contributed by atoms with E-state index in [0.717, 1.165) is 49.8 Å². The number of nitrogens with one attached hydrogen (secondary N) is 1. The summed E-state index contributed by atoms with van der Waals surface area (Å²) in [6.45, 7) is 8.89. The minimum Gasteiger partial charge on any atom is -0.493 e. The Morgan fingerprint density at radius 1 is 0.912 bits per heavy atom. The van der Waals surface area contributed by atoms with E-state index in [1.807, 2.05) is 53.4 Å². The zero-order valence-corrected chi connectivity index (χ0v) is 20.1. The number of hydrogen-bond acceptors (Lipinski definition) is 5. The van der Waals surface area contributed by atoms with Crippen molar-refractivity contribution in [1.82, 2.24) is 9.80 Å². The second-order valence-electron chi connectivity index (χ2n) is 8.99. The van der Waals surface area contributed by atoms with E-state index in [0.29, 0.717) is 39.0 Å². The number of benzene rings is 2. The minimum absolute atomic E-state index is 0.0548. The molecule has 2 saturated heterocycles. The van der Waals surface area contributed by atoms with E-state index in [9.17, 15) is 9.59 Å². The summed E-state index contributed by atoms with van der Waals surface area (Å²) in [6.07, 6.45) is 1.73. The molecule has 0 radical (unpaired) electrons. The highest BCUT2D eigenvalue weighted by molar-refractivity contribution is 5.96. The summed E-state index contributed by atoms with van der Waals surface area (Å²) in [5.74, 6) is 0.846. The summed E-state index contributed by atoms with van der Waals surface area (Å²) in [7, 11) is 0. The Balaban J connectivity index is 1.24. The molecule has 0 spiro atoms. The smallest absolute Gasteiger partial charge is 0.227 e. The van der Waals surface area contributed by atoms with Gasteiger partial charge in [0.2, 0.25) is 11.8 Å². The van der Waals surface area contributed by atoms with Crippen molar-refractivity contribution in [1.29, 1.82) is 0 Å². The molecule has 2 aliphatic heterocycles. The van der Waals surface area contributed by atoms with Crippen LogP contribution in [-0.2, 0) is 9.59 Å². The van der Waals surface area contributed by atoms with Crippen molar-refractivity contribution in [3.05, 3.63) is 54.6 Å². The van der Waals surface area contributed by atoms with Gasteiger partial charge >= 0.3 is 0 Å². The fourth-order valence-electron chi connectivity index (χ4n) is 4.72. The first-order valence-corrected chi connectivity index (χ1v) is 12.5. The van der Waals surface area contributed by atoms with E-state index >= 15 is 0 Å². The van der Waals surface area contributed by atoms with Crippen molar-refractivity contribution in [2.45, 2.75) is 26.2 Å². The van der Waals surface area contributed by atoms with E-state index in [1.165, 1.54) is 0 Å².